The Bertz CT molecular complexity index is 799. The third-order valence-corrected chi connectivity index (χ3v) is 5.30. The number of fused-ring (bicyclic) bond motifs is 1. The van der Waals surface area contributed by atoms with Crippen molar-refractivity contribution in [2.45, 2.75) is 32.0 Å². The molecule has 0 unspecified atom stereocenters. The zero-order valence-electron chi connectivity index (χ0n) is 14.7. The highest BCUT2D eigenvalue weighted by atomic mass is 15.1. The molecular formula is C23H26N2. The highest BCUT2D eigenvalue weighted by Crippen LogP contribution is 2.19. The number of nitrogens with zero attached hydrogens (tertiary/aromatic N) is 1. The van der Waals surface area contributed by atoms with Gasteiger partial charge in [0.15, 0.2) is 0 Å². The number of hydrogen-bond donors (Lipinski definition) is 1. The SMILES string of the molecule is c1ccc(CN2CCC(NCc3cccc4ccccc34)CC2)cc1. The quantitative estimate of drug-likeness (QED) is 0.736. The first kappa shape index (κ1) is 16.3. The number of rotatable bonds is 5. The molecule has 3 aromatic rings. The van der Waals surface area contributed by atoms with E-state index in [2.05, 4.69) is 83.0 Å². The van der Waals surface area contributed by atoms with E-state index in [-0.39, 0.29) is 0 Å². The van der Waals surface area contributed by atoms with E-state index in [1.165, 1.54) is 47.8 Å². The van der Waals surface area contributed by atoms with Crippen LogP contribution in [0, 0.1) is 0 Å². The summed E-state index contributed by atoms with van der Waals surface area (Å²) in [6, 6.07) is 26.7. The molecule has 0 aliphatic carbocycles. The van der Waals surface area contributed by atoms with Crippen molar-refractivity contribution in [1.29, 1.82) is 0 Å². The van der Waals surface area contributed by atoms with Gasteiger partial charge in [-0.05, 0) is 47.8 Å². The summed E-state index contributed by atoms with van der Waals surface area (Å²) in [5, 5.41) is 6.49. The molecule has 1 aliphatic rings. The lowest BCUT2D eigenvalue weighted by Gasteiger charge is -2.32. The lowest BCUT2D eigenvalue weighted by atomic mass is 10.0. The summed E-state index contributed by atoms with van der Waals surface area (Å²) in [6.45, 7) is 4.41. The Labute approximate surface area is 150 Å². The topological polar surface area (TPSA) is 15.3 Å². The van der Waals surface area contributed by atoms with Gasteiger partial charge in [0.1, 0.15) is 0 Å². The first-order valence-electron chi connectivity index (χ1n) is 9.35. The standard InChI is InChI=1S/C23H26N2/c1-2-7-19(8-3-1)18-25-15-13-22(14-16-25)24-17-21-11-6-10-20-9-4-5-12-23(20)21/h1-12,22,24H,13-18H2. The summed E-state index contributed by atoms with van der Waals surface area (Å²) in [5.74, 6) is 0. The van der Waals surface area contributed by atoms with Crippen LogP contribution in [-0.2, 0) is 13.1 Å². The van der Waals surface area contributed by atoms with Gasteiger partial charge in [0, 0.05) is 19.1 Å². The lowest BCUT2D eigenvalue weighted by Crippen LogP contribution is -2.41. The van der Waals surface area contributed by atoms with E-state index >= 15 is 0 Å². The van der Waals surface area contributed by atoms with E-state index in [1.807, 2.05) is 0 Å². The minimum Gasteiger partial charge on any atom is -0.310 e. The normalized spacial score (nSPS) is 16.3. The van der Waals surface area contributed by atoms with Crippen LogP contribution in [0.2, 0.25) is 0 Å². The van der Waals surface area contributed by atoms with Gasteiger partial charge in [0.05, 0.1) is 0 Å². The van der Waals surface area contributed by atoms with Crippen molar-refractivity contribution in [3.63, 3.8) is 0 Å². The molecule has 128 valence electrons. The molecule has 3 aromatic carbocycles. The minimum absolute atomic E-state index is 0.631. The van der Waals surface area contributed by atoms with Crippen molar-refractivity contribution in [2.75, 3.05) is 13.1 Å². The summed E-state index contributed by atoms with van der Waals surface area (Å²) >= 11 is 0. The van der Waals surface area contributed by atoms with Gasteiger partial charge in [-0.15, -0.1) is 0 Å². The Kier molecular flexibility index (Phi) is 5.10. The van der Waals surface area contributed by atoms with Gasteiger partial charge >= 0.3 is 0 Å². The van der Waals surface area contributed by atoms with Crippen LogP contribution in [0.3, 0.4) is 0 Å². The van der Waals surface area contributed by atoms with E-state index in [0.717, 1.165) is 13.1 Å². The van der Waals surface area contributed by atoms with Crippen LogP contribution in [0.1, 0.15) is 24.0 Å². The van der Waals surface area contributed by atoms with Crippen LogP contribution >= 0.6 is 0 Å². The van der Waals surface area contributed by atoms with Crippen molar-refractivity contribution in [3.05, 3.63) is 83.9 Å². The molecule has 1 aliphatic heterocycles. The summed E-state index contributed by atoms with van der Waals surface area (Å²) in [7, 11) is 0. The number of likely N-dealkylation sites (tertiary alicyclic amines) is 1. The summed E-state index contributed by atoms with van der Waals surface area (Å²) in [4.78, 5) is 2.57. The predicted octanol–water partition coefficient (Wildman–Crippen LogP) is 4.59. The van der Waals surface area contributed by atoms with Gasteiger partial charge in [-0.1, -0.05) is 72.8 Å². The zero-order valence-corrected chi connectivity index (χ0v) is 14.7. The molecule has 0 bridgehead atoms. The van der Waals surface area contributed by atoms with Crippen LogP contribution in [0.25, 0.3) is 10.8 Å². The second-order valence-electron chi connectivity index (χ2n) is 7.06. The Morgan fingerprint density at radius 3 is 2.36 bits per heavy atom. The van der Waals surface area contributed by atoms with E-state index in [4.69, 9.17) is 0 Å². The van der Waals surface area contributed by atoms with Crippen LogP contribution < -0.4 is 5.32 Å². The fourth-order valence-corrected chi connectivity index (χ4v) is 3.84. The fourth-order valence-electron chi connectivity index (χ4n) is 3.84. The summed E-state index contributed by atoms with van der Waals surface area (Å²) < 4.78 is 0. The van der Waals surface area contributed by atoms with E-state index in [0.29, 0.717) is 6.04 Å². The monoisotopic (exact) mass is 330 g/mol. The molecule has 0 saturated carbocycles. The van der Waals surface area contributed by atoms with E-state index in [9.17, 15) is 0 Å². The van der Waals surface area contributed by atoms with Crippen LogP contribution in [-0.4, -0.2) is 24.0 Å². The van der Waals surface area contributed by atoms with Gasteiger partial charge in [-0.3, -0.25) is 4.90 Å². The van der Waals surface area contributed by atoms with Gasteiger partial charge in [0.2, 0.25) is 0 Å². The predicted molar refractivity (Wildman–Crippen MR) is 106 cm³/mol. The Morgan fingerprint density at radius 2 is 1.52 bits per heavy atom. The molecule has 1 heterocycles. The lowest BCUT2D eigenvalue weighted by molar-refractivity contribution is 0.190. The molecule has 4 rings (SSSR count). The molecule has 0 radical (unpaired) electrons. The van der Waals surface area contributed by atoms with Crippen molar-refractivity contribution in [1.82, 2.24) is 10.2 Å². The van der Waals surface area contributed by atoms with Crippen molar-refractivity contribution >= 4 is 10.8 Å². The van der Waals surface area contributed by atoms with Crippen LogP contribution in [0.15, 0.2) is 72.8 Å². The van der Waals surface area contributed by atoms with E-state index < -0.39 is 0 Å². The molecule has 25 heavy (non-hydrogen) atoms. The van der Waals surface area contributed by atoms with Crippen molar-refractivity contribution in [3.8, 4) is 0 Å². The second kappa shape index (κ2) is 7.81. The van der Waals surface area contributed by atoms with Crippen molar-refractivity contribution < 1.29 is 0 Å². The van der Waals surface area contributed by atoms with Gasteiger partial charge in [-0.2, -0.15) is 0 Å². The van der Waals surface area contributed by atoms with Crippen molar-refractivity contribution in [2.24, 2.45) is 0 Å². The van der Waals surface area contributed by atoms with E-state index in [1.54, 1.807) is 0 Å². The smallest absolute Gasteiger partial charge is 0.0233 e. The van der Waals surface area contributed by atoms with Gasteiger partial charge < -0.3 is 5.32 Å². The molecule has 0 atom stereocenters. The molecule has 1 N–H and O–H groups in total. The Balaban J connectivity index is 1.30. The molecule has 0 spiro atoms. The number of hydrogen-bond acceptors (Lipinski definition) is 2. The maximum Gasteiger partial charge on any atom is 0.0233 e. The van der Waals surface area contributed by atoms with Crippen LogP contribution in [0.5, 0.6) is 0 Å². The van der Waals surface area contributed by atoms with Crippen LogP contribution in [0.4, 0.5) is 0 Å². The molecule has 2 heteroatoms. The average molecular weight is 330 g/mol. The third-order valence-electron chi connectivity index (χ3n) is 5.30. The first-order valence-corrected chi connectivity index (χ1v) is 9.35. The fraction of sp³-hybridized carbons (Fsp3) is 0.304. The van der Waals surface area contributed by atoms with Gasteiger partial charge in [0.25, 0.3) is 0 Å². The molecule has 0 amide bonds. The molecule has 1 fully saturated rings. The summed E-state index contributed by atoms with van der Waals surface area (Å²) in [6.07, 6.45) is 2.47. The largest absolute Gasteiger partial charge is 0.310 e. The molecule has 1 saturated heterocycles. The highest BCUT2D eigenvalue weighted by Gasteiger charge is 2.18. The average Bonchev–Trinajstić information content (AvgIpc) is 2.68. The maximum absolute atomic E-state index is 3.79. The Hall–Kier alpha value is -2.16. The number of benzene rings is 3. The molecule has 0 aromatic heterocycles. The molecule has 2 nitrogen and oxygen atoms in total. The maximum atomic E-state index is 3.79. The van der Waals surface area contributed by atoms with Gasteiger partial charge in [-0.25, -0.2) is 0 Å². The molecular weight excluding hydrogens is 304 g/mol. The zero-order chi connectivity index (χ0) is 16.9. The summed E-state index contributed by atoms with van der Waals surface area (Å²) in [5.41, 5.74) is 2.83. The third kappa shape index (κ3) is 4.09. The Morgan fingerprint density at radius 1 is 0.800 bits per heavy atom. The second-order valence-corrected chi connectivity index (χ2v) is 7.06. The highest BCUT2D eigenvalue weighted by molar-refractivity contribution is 5.85. The first-order chi connectivity index (χ1) is 12.4. The number of piperidine rings is 1. The number of nitrogens with one attached hydrogen (secondary N) is 1. The minimum atomic E-state index is 0.631.